The molecule has 2 heterocycles. The highest BCUT2D eigenvalue weighted by Gasteiger charge is 2.25. The molecule has 1 fully saturated rings. The Labute approximate surface area is 131 Å². The first-order chi connectivity index (χ1) is 10.7. The van der Waals surface area contributed by atoms with E-state index in [4.69, 9.17) is 0 Å². The Morgan fingerprint density at radius 1 is 1.18 bits per heavy atom. The van der Waals surface area contributed by atoms with Crippen molar-refractivity contribution >= 4 is 11.6 Å². The molecule has 116 valence electrons. The number of carbonyl (C=O) groups is 1. The number of anilines is 1. The Bertz CT molecular complexity index is 623. The number of aryl methyl sites for hydroxylation is 2. The van der Waals surface area contributed by atoms with Crippen LogP contribution >= 0.6 is 0 Å². The predicted molar refractivity (Wildman–Crippen MR) is 86.8 cm³/mol. The summed E-state index contributed by atoms with van der Waals surface area (Å²) < 4.78 is 1.73. The second-order valence-electron chi connectivity index (χ2n) is 5.78. The zero-order valence-electron chi connectivity index (χ0n) is 13.0. The second-order valence-corrected chi connectivity index (χ2v) is 5.78. The smallest absolute Gasteiger partial charge is 0.241 e. The van der Waals surface area contributed by atoms with Crippen molar-refractivity contribution in [3.05, 3.63) is 48.3 Å². The van der Waals surface area contributed by atoms with Crippen LogP contribution in [0.15, 0.2) is 42.7 Å². The molecule has 0 unspecified atom stereocenters. The van der Waals surface area contributed by atoms with E-state index in [1.54, 1.807) is 10.9 Å². The van der Waals surface area contributed by atoms with Crippen molar-refractivity contribution in [2.45, 2.75) is 12.8 Å². The summed E-state index contributed by atoms with van der Waals surface area (Å²) in [5.41, 5.74) is 2.26. The third-order valence-corrected chi connectivity index (χ3v) is 4.09. The van der Waals surface area contributed by atoms with Gasteiger partial charge in [0.2, 0.25) is 5.91 Å². The van der Waals surface area contributed by atoms with Gasteiger partial charge in [-0.1, -0.05) is 30.3 Å². The van der Waals surface area contributed by atoms with Crippen molar-refractivity contribution < 1.29 is 4.79 Å². The van der Waals surface area contributed by atoms with Crippen LogP contribution in [0.25, 0.3) is 0 Å². The molecular formula is C17H22N4O. The van der Waals surface area contributed by atoms with E-state index in [0.29, 0.717) is 6.54 Å². The molecule has 2 aromatic rings. The number of benzene rings is 1. The zero-order valence-corrected chi connectivity index (χ0v) is 13.0. The number of hydrogen-bond acceptors (Lipinski definition) is 3. The van der Waals surface area contributed by atoms with Gasteiger partial charge in [0, 0.05) is 26.3 Å². The van der Waals surface area contributed by atoms with Crippen LogP contribution in [-0.4, -0.2) is 46.8 Å². The summed E-state index contributed by atoms with van der Waals surface area (Å²) in [7, 11) is 1.87. The van der Waals surface area contributed by atoms with Gasteiger partial charge in [0.15, 0.2) is 0 Å². The fourth-order valence-corrected chi connectivity index (χ4v) is 2.88. The normalized spacial score (nSPS) is 16.2. The molecule has 0 radical (unpaired) electrons. The average molecular weight is 298 g/mol. The number of amides is 1. The Kier molecular flexibility index (Phi) is 4.53. The van der Waals surface area contributed by atoms with Crippen LogP contribution in [0.1, 0.15) is 12.0 Å². The van der Waals surface area contributed by atoms with E-state index in [1.807, 2.05) is 24.2 Å². The van der Waals surface area contributed by atoms with Crippen LogP contribution in [0, 0.1) is 0 Å². The fraction of sp³-hybridized carbons (Fsp3) is 0.412. The molecule has 5 nitrogen and oxygen atoms in total. The van der Waals surface area contributed by atoms with Crippen LogP contribution in [0.2, 0.25) is 0 Å². The van der Waals surface area contributed by atoms with Gasteiger partial charge in [-0.15, -0.1) is 0 Å². The van der Waals surface area contributed by atoms with Crippen LogP contribution in [0.4, 0.5) is 5.69 Å². The maximum atomic E-state index is 12.3. The molecule has 3 rings (SSSR count). The van der Waals surface area contributed by atoms with E-state index in [-0.39, 0.29) is 5.91 Å². The van der Waals surface area contributed by atoms with Crippen LogP contribution in [0.5, 0.6) is 0 Å². The number of hydrogen-bond donors (Lipinski definition) is 0. The van der Waals surface area contributed by atoms with Crippen molar-refractivity contribution in [1.82, 2.24) is 14.7 Å². The second kappa shape index (κ2) is 6.75. The minimum atomic E-state index is 0.166. The molecular weight excluding hydrogens is 276 g/mol. The lowest BCUT2D eigenvalue weighted by Crippen LogP contribution is -2.50. The number of nitrogens with zero attached hydrogens (tertiary/aromatic N) is 4. The van der Waals surface area contributed by atoms with E-state index in [1.165, 1.54) is 5.56 Å². The number of piperazine rings is 1. The highest BCUT2D eigenvalue weighted by Crippen LogP contribution is 2.16. The molecule has 0 N–H and O–H groups in total. The fourth-order valence-electron chi connectivity index (χ4n) is 2.88. The summed E-state index contributed by atoms with van der Waals surface area (Å²) >= 11 is 0. The van der Waals surface area contributed by atoms with E-state index in [2.05, 4.69) is 34.3 Å². The van der Waals surface area contributed by atoms with Crippen molar-refractivity contribution in [2.24, 2.45) is 7.05 Å². The molecule has 1 aromatic heterocycles. The monoisotopic (exact) mass is 298 g/mol. The summed E-state index contributed by atoms with van der Waals surface area (Å²) in [4.78, 5) is 16.4. The molecule has 0 saturated carbocycles. The van der Waals surface area contributed by atoms with Crippen molar-refractivity contribution in [1.29, 1.82) is 0 Å². The molecule has 5 heteroatoms. The Balaban J connectivity index is 1.47. The molecule has 1 aliphatic rings. The Hall–Kier alpha value is -2.14. The largest absolute Gasteiger partial charge is 0.307 e. The molecule has 0 spiro atoms. The van der Waals surface area contributed by atoms with Crippen molar-refractivity contribution in [2.75, 3.05) is 31.1 Å². The first-order valence-electron chi connectivity index (χ1n) is 7.78. The van der Waals surface area contributed by atoms with Crippen LogP contribution < -0.4 is 4.90 Å². The summed E-state index contributed by atoms with van der Waals surface area (Å²) in [5, 5.41) is 4.14. The molecule has 0 atom stereocenters. The van der Waals surface area contributed by atoms with E-state index < -0.39 is 0 Å². The lowest BCUT2D eigenvalue weighted by atomic mass is 10.1. The first kappa shape index (κ1) is 14.8. The maximum Gasteiger partial charge on any atom is 0.241 e. The van der Waals surface area contributed by atoms with Crippen LogP contribution in [0.3, 0.4) is 0 Å². The summed E-state index contributed by atoms with van der Waals surface area (Å²) in [6, 6.07) is 10.5. The van der Waals surface area contributed by atoms with Gasteiger partial charge < -0.3 is 4.90 Å². The van der Waals surface area contributed by atoms with E-state index in [9.17, 15) is 4.79 Å². The molecule has 1 amide bonds. The maximum absolute atomic E-state index is 12.3. The molecule has 1 aliphatic heterocycles. The van der Waals surface area contributed by atoms with Gasteiger partial charge in [0.1, 0.15) is 0 Å². The van der Waals surface area contributed by atoms with Crippen molar-refractivity contribution in [3.63, 3.8) is 0 Å². The SMILES string of the molecule is Cn1cc(N2CCN(CCCc3ccccc3)CC2=O)cn1. The summed E-state index contributed by atoms with van der Waals surface area (Å²) in [6.07, 6.45) is 5.80. The van der Waals surface area contributed by atoms with Crippen LogP contribution in [-0.2, 0) is 18.3 Å². The van der Waals surface area contributed by atoms with Gasteiger partial charge >= 0.3 is 0 Å². The van der Waals surface area contributed by atoms with E-state index in [0.717, 1.165) is 38.2 Å². The molecule has 0 bridgehead atoms. The summed E-state index contributed by atoms with van der Waals surface area (Å²) in [5.74, 6) is 0.166. The molecule has 1 saturated heterocycles. The predicted octanol–water partition coefficient (Wildman–Crippen LogP) is 1.70. The molecule has 1 aromatic carbocycles. The topological polar surface area (TPSA) is 41.4 Å². The van der Waals surface area contributed by atoms with Gasteiger partial charge in [-0.2, -0.15) is 5.10 Å². The number of carbonyl (C=O) groups excluding carboxylic acids is 1. The number of rotatable bonds is 5. The molecule has 22 heavy (non-hydrogen) atoms. The lowest BCUT2D eigenvalue weighted by molar-refractivity contribution is -0.121. The van der Waals surface area contributed by atoms with Crippen molar-refractivity contribution in [3.8, 4) is 0 Å². The third-order valence-electron chi connectivity index (χ3n) is 4.09. The quantitative estimate of drug-likeness (QED) is 0.844. The van der Waals surface area contributed by atoms with Gasteiger partial charge in [0.05, 0.1) is 18.4 Å². The average Bonchev–Trinajstić information content (AvgIpc) is 2.95. The number of aromatic nitrogens is 2. The standard InChI is InChI=1S/C17H22N4O/c1-19-13-16(12-18-19)21-11-10-20(14-17(21)22)9-5-8-15-6-3-2-4-7-15/h2-4,6-7,12-13H,5,8-11,14H2,1H3. The minimum absolute atomic E-state index is 0.166. The highest BCUT2D eigenvalue weighted by molar-refractivity contribution is 5.95. The Morgan fingerprint density at radius 3 is 2.68 bits per heavy atom. The van der Waals surface area contributed by atoms with E-state index >= 15 is 0 Å². The minimum Gasteiger partial charge on any atom is -0.307 e. The van der Waals surface area contributed by atoms with Gasteiger partial charge in [-0.3, -0.25) is 14.4 Å². The van der Waals surface area contributed by atoms with Gasteiger partial charge in [-0.05, 0) is 24.9 Å². The Morgan fingerprint density at radius 2 is 2.00 bits per heavy atom. The molecule has 0 aliphatic carbocycles. The van der Waals surface area contributed by atoms with Gasteiger partial charge in [-0.25, -0.2) is 0 Å². The third kappa shape index (κ3) is 3.54. The highest BCUT2D eigenvalue weighted by atomic mass is 16.2. The zero-order chi connectivity index (χ0) is 15.4. The van der Waals surface area contributed by atoms with Gasteiger partial charge in [0.25, 0.3) is 0 Å². The lowest BCUT2D eigenvalue weighted by Gasteiger charge is -2.33. The summed E-state index contributed by atoms with van der Waals surface area (Å²) in [6.45, 7) is 3.15. The first-order valence-corrected chi connectivity index (χ1v) is 7.78.